The van der Waals surface area contributed by atoms with Gasteiger partial charge in [0.25, 0.3) is 0 Å². The predicted molar refractivity (Wildman–Crippen MR) is 46.1 cm³/mol. The van der Waals surface area contributed by atoms with Crippen LogP contribution < -0.4 is 5.32 Å². The second-order valence-corrected chi connectivity index (χ2v) is 2.57. The molecule has 68 valence electrons. The summed E-state index contributed by atoms with van der Waals surface area (Å²) in [6, 6.07) is -1.85. The molecule has 0 atom stereocenters. The molecule has 7 heteroatoms. The fourth-order valence-electron chi connectivity index (χ4n) is 0.429. The van der Waals surface area contributed by atoms with Crippen molar-refractivity contribution >= 4 is 40.4 Å². The highest BCUT2D eigenvalue weighted by molar-refractivity contribution is 14.1. The monoisotopic (exact) mass is 287 g/mol. The molecule has 0 aliphatic heterocycles. The maximum Gasteiger partial charge on any atom is 0.338 e. The van der Waals surface area contributed by atoms with Crippen LogP contribution in [0.2, 0.25) is 0 Å². The van der Waals surface area contributed by atoms with Crippen LogP contribution >= 0.6 is 22.6 Å². The molecule has 1 amide bonds. The standard InChI is InChI=1S/C5H6INO5/c6-1-2(8)7-3(4(9)10)5(11)12/h3H,1H2,(H,7,8)(H,9,10)(H,11,12). The summed E-state index contributed by atoms with van der Waals surface area (Å²) in [6.45, 7) is 0. The molecule has 0 spiro atoms. The van der Waals surface area contributed by atoms with Crippen molar-refractivity contribution in [3.8, 4) is 0 Å². The molecule has 0 heterocycles. The maximum atomic E-state index is 10.6. The van der Waals surface area contributed by atoms with Gasteiger partial charge in [-0.2, -0.15) is 0 Å². The van der Waals surface area contributed by atoms with Gasteiger partial charge in [0.15, 0.2) is 0 Å². The third kappa shape index (κ3) is 3.51. The smallest absolute Gasteiger partial charge is 0.338 e. The van der Waals surface area contributed by atoms with Crippen molar-refractivity contribution in [2.45, 2.75) is 6.04 Å². The molecule has 0 rings (SSSR count). The zero-order chi connectivity index (χ0) is 9.72. The molecule has 12 heavy (non-hydrogen) atoms. The lowest BCUT2D eigenvalue weighted by Gasteiger charge is -2.07. The molecule has 0 bridgehead atoms. The van der Waals surface area contributed by atoms with E-state index in [0.717, 1.165) is 0 Å². The van der Waals surface area contributed by atoms with Gasteiger partial charge in [-0.15, -0.1) is 0 Å². The lowest BCUT2D eigenvalue weighted by atomic mass is 10.3. The van der Waals surface area contributed by atoms with E-state index in [2.05, 4.69) is 0 Å². The summed E-state index contributed by atoms with van der Waals surface area (Å²) in [7, 11) is 0. The Bertz CT molecular complexity index is 202. The fraction of sp³-hybridized carbons (Fsp3) is 0.400. The van der Waals surface area contributed by atoms with E-state index in [1.54, 1.807) is 22.6 Å². The van der Waals surface area contributed by atoms with E-state index in [0.29, 0.717) is 0 Å². The Morgan fingerprint density at radius 2 is 1.67 bits per heavy atom. The van der Waals surface area contributed by atoms with Gasteiger partial charge in [0.05, 0.1) is 4.43 Å². The molecule has 0 radical (unpaired) electrons. The molecule has 0 unspecified atom stereocenters. The predicted octanol–water partition coefficient (Wildman–Crippen LogP) is -0.925. The van der Waals surface area contributed by atoms with E-state index in [-0.39, 0.29) is 4.43 Å². The molecule has 0 aliphatic carbocycles. The first-order chi connectivity index (χ1) is 5.49. The maximum absolute atomic E-state index is 10.6. The van der Waals surface area contributed by atoms with Crippen LogP contribution in [-0.2, 0) is 14.4 Å². The summed E-state index contributed by atoms with van der Waals surface area (Å²) >= 11 is 1.70. The molecule has 0 aliphatic rings. The van der Waals surface area contributed by atoms with E-state index in [1.807, 2.05) is 5.32 Å². The highest BCUT2D eigenvalue weighted by Crippen LogP contribution is 1.87. The molecular formula is C5H6INO5. The minimum absolute atomic E-state index is 0.0226. The quantitative estimate of drug-likeness (QED) is 0.352. The van der Waals surface area contributed by atoms with Gasteiger partial charge in [-0.3, -0.25) is 4.79 Å². The Balaban J connectivity index is 4.24. The number of nitrogens with one attached hydrogen (secondary N) is 1. The average molecular weight is 287 g/mol. The Morgan fingerprint density at radius 3 is 1.92 bits per heavy atom. The van der Waals surface area contributed by atoms with Crippen LogP contribution in [0.1, 0.15) is 0 Å². The number of aliphatic carboxylic acids is 2. The van der Waals surface area contributed by atoms with Gasteiger partial charge in [0, 0.05) is 0 Å². The number of rotatable bonds is 4. The van der Waals surface area contributed by atoms with Crippen LogP contribution in [0.15, 0.2) is 0 Å². The van der Waals surface area contributed by atoms with Crippen molar-refractivity contribution in [2.75, 3.05) is 4.43 Å². The van der Waals surface area contributed by atoms with Crippen molar-refractivity contribution in [3.05, 3.63) is 0 Å². The number of carbonyl (C=O) groups is 3. The number of carboxylic acid groups (broad SMARTS) is 2. The van der Waals surface area contributed by atoms with E-state index < -0.39 is 23.9 Å². The van der Waals surface area contributed by atoms with Crippen molar-refractivity contribution < 1.29 is 24.6 Å². The van der Waals surface area contributed by atoms with Crippen LogP contribution in [0.25, 0.3) is 0 Å². The van der Waals surface area contributed by atoms with Crippen LogP contribution in [0.3, 0.4) is 0 Å². The van der Waals surface area contributed by atoms with E-state index in [9.17, 15) is 14.4 Å². The minimum atomic E-state index is -1.85. The largest absolute Gasteiger partial charge is 0.479 e. The van der Waals surface area contributed by atoms with Gasteiger partial charge >= 0.3 is 11.9 Å². The Hall–Kier alpha value is -0.860. The summed E-state index contributed by atoms with van der Waals surface area (Å²) in [5, 5.41) is 18.4. The number of carbonyl (C=O) groups excluding carboxylic acids is 1. The van der Waals surface area contributed by atoms with Crippen molar-refractivity contribution in [2.24, 2.45) is 0 Å². The van der Waals surface area contributed by atoms with Gasteiger partial charge in [0.1, 0.15) is 0 Å². The van der Waals surface area contributed by atoms with E-state index >= 15 is 0 Å². The highest BCUT2D eigenvalue weighted by Gasteiger charge is 2.26. The Kier molecular flexibility index (Phi) is 4.55. The Labute approximate surface area is 81.1 Å². The molecule has 3 N–H and O–H groups in total. The van der Waals surface area contributed by atoms with Crippen LogP contribution in [0, 0.1) is 0 Å². The number of halogens is 1. The zero-order valence-electron chi connectivity index (χ0n) is 5.78. The Morgan fingerprint density at radius 1 is 1.25 bits per heavy atom. The lowest BCUT2D eigenvalue weighted by Crippen LogP contribution is -2.46. The number of hydrogen-bond acceptors (Lipinski definition) is 3. The number of amides is 1. The van der Waals surface area contributed by atoms with Crippen LogP contribution in [0.4, 0.5) is 0 Å². The first kappa shape index (κ1) is 11.1. The third-order valence-corrected chi connectivity index (χ3v) is 1.61. The molecule has 0 saturated heterocycles. The third-order valence-electron chi connectivity index (χ3n) is 0.921. The lowest BCUT2D eigenvalue weighted by molar-refractivity contribution is -0.152. The number of alkyl halides is 1. The fourth-order valence-corrected chi connectivity index (χ4v) is 0.649. The molecular weight excluding hydrogens is 281 g/mol. The number of hydrogen-bond donors (Lipinski definition) is 3. The van der Waals surface area contributed by atoms with Gasteiger partial charge in [0.2, 0.25) is 11.9 Å². The minimum Gasteiger partial charge on any atom is -0.479 e. The molecule has 0 aromatic heterocycles. The number of carboxylic acids is 2. The van der Waals surface area contributed by atoms with Crippen LogP contribution in [-0.4, -0.2) is 38.5 Å². The van der Waals surface area contributed by atoms with Gasteiger partial charge < -0.3 is 15.5 Å². The molecule has 6 nitrogen and oxygen atoms in total. The summed E-state index contributed by atoms with van der Waals surface area (Å²) in [5.41, 5.74) is 0. The first-order valence-corrected chi connectivity index (χ1v) is 4.32. The first-order valence-electron chi connectivity index (χ1n) is 2.80. The van der Waals surface area contributed by atoms with Crippen LogP contribution in [0.5, 0.6) is 0 Å². The average Bonchev–Trinajstić information content (AvgIpc) is 1.98. The molecule has 0 fully saturated rings. The van der Waals surface area contributed by atoms with Gasteiger partial charge in [-0.25, -0.2) is 9.59 Å². The summed E-state index contributed by atoms with van der Waals surface area (Å²) in [6.07, 6.45) is 0. The highest BCUT2D eigenvalue weighted by atomic mass is 127. The second-order valence-electron chi connectivity index (χ2n) is 1.81. The van der Waals surface area contributed by atoms with E-state index in [1.165, 1.54) is 0 Å². The SMILES string of the molecule is O=C(CI)NC(C(=O)O)C(=O)O. The normalized spacial score (nSPS) is 9.50. The molecule has 0 saturated carbocycles. The van der Waals surface area contributed by atoms with E-state index in [4.69, 9.17) is 10.2 Å². The van der Waals surface area contributed by atoms with Crippen molar-refractivity contribution in [1.29, 1.82) is 0 Å². The second kappa shape index (κ2) is 4.91. The summed E-state index contributed by atoms with van der Waals surface area (Å²) in [5.74, 6) is -3.79. The van der Waals surface area contributed by atoms with Gasteiger partial charge in [-0.1, -0.05) is 22.6 Å². The molecule has 0 aromatic rings. The molecule has 0 aromatic carbocycles. The van der Waals surface area contributed by atoms with Crippen molar-refractivity contribution in [1.82, 2.24) is 5.32 Å². The zero-order valence-corrected chi connectivity index (χ0v) is 7.94. The summed E-state index contributed by atoms with van der Waals surface area (Å²) in [4.78, 5) is 31.0. The van der Waals surface area contributed by atoms with Crippen molar-refractivity contribution in [3.63, 3.8) is 0 Å². The van der Waals surface area contributed by atoms with Gasteiger partial charge in [-0.05, 0) is 0 Å². The summed E-state index contributed by atoms with van der Waals surface area (Å²) < 4.78 is 0.0226. The topological polar surface area (TPSA) is 104 Å².